The molecule has 0 aliphatic heterocycles. The number of hydrogen-bond donors (Lipinski definition) is 1. The normalized spacial score (nSPS) is 14.0. The van der Waals surface area contributed by atoms with Crippen molar-refractivity contribution < 1.29 is 42.1 Å². The van der Waals surface area contributed by atoms with E-state index in [0.29, 0.717) is 17.4 Å². The molecular formula is C86H145NO8P+. The molecule has 0 saturated heterocycles. The standard InChI is InChI=1S/C86H144NO8P/c1-6-8-10-12-14-16-18-20-22-24-26-28-30-32-34-36-38-40-42-43-45-47-49-51-53-55-57-59-61-63-65-67-69-71-73-75-77-79-86(89)95-84(83-94-96(90,91)93-81-80-87(3,4)5)82-92-85(88)78-76-74-72-70-68-66-64-62-60-58-56-54-52-50-48-46-44-41-39-37-35-33-31-29-27-25-23-21-19-17-15-13-11-9-7-2/h8-11,14-17,20-23,26-29,32-35,38,40,43,45,49,51,55,57,84H,6-7,12-13,18-19,24-25,30-31,36-37,39,41-42,44,46-48,50,52-54,56,58-83H2,1-5H3/p+1/b10-8-,11-9-,16-14-,17-15-,22-20-,23-21-,28-26-,29-27-,34-32-,35-33-,40-38-,45-43-,51-49-,57-55-. The number of likely N-dealkylation sites (N-methyl/N-ethyl adjacent to an activating group) is 1. The fourth-order valence-corrected chi connectivity index (χ4v) is 11.1. The Labute approximate surface area is 591 Å². The predicted octanol–water partition coefficient (Wildman–Crippen LogP) is 26.1. The summed E-state index contributed by atoms with van der Waals surface area (Å²) >= 11 is 0. The van der Waals surface area contributed by atoms with E-state index in [2.05, 4.69) is 184 Å². The molecule has 0 aliphatic rings. The van der Waals surface area contributed by atoms with Crippen molar-refractivity contribution in [2.75, 3.05) is 47.5 Å². The van der Waals surface area contributed by atoms with Gasteiger partial charge in [0.1, 0.15) is 19.8 Å². The van der Waals surface area contributed by atoms with Crippen molar-refractivity contribution in [2.24, 2.45) is 0 Å². The quantitative estimate of drug-likeness (QED) is 0.0211. The van der Waals surface area contributed by atoms with Gasteiger partial charge < -0.3 is 18.9 Å². The van der Waals surface area contributed by atoms with Crippen LogP contribution in [0.3, 0.4) is 0 Å². The molecule has 0 radical (unpaired) electrons. The number of carbonyl (C=O) groups excluding carboxylic acids is 2. The molecule has 10 heteroatoms. The largest absolute Gasteiger partial charge is 0.472 e. The van der Waals surface area contributed by atoms with Crippen LogP contribution < -0.4 is 0 Å². The van der Waals surface area contributed by atoms with Crippen molar-refractivity contribution in [3.8, 4) is 0 Å². The van der Waals surface area contributed by atoms with Crippen LogP contribution in [0, 0.1) is 0 Å². The number of phosphoric ester groups is 1. The summed E-state index contributed by atoms with van der Waals surface area (Å²) in [5, 5.41) is 0. The molecule has 2 unspecified atom stereocenters. The van der Waals surface area contributed by atoms with Gasteiger partial charge in [0.25, 0.3) is 0 Å². The van der Waals surface area contributed by atoms with Crippen LogP contribution in [0.1, 0.15) is 309 Å². The summed E-state index contributed by atoms with van der Waals surface area (Å²) in [5.74, 6) is -0.804. The minimum atomic E-state index is -4.41. The van der Waals surface area contributed by atoms with Crippen molar-refractivity contribution in [1.29, 1.82) is 0 Å². The number of esters is 2. The van der Waals surface area contributed by atoms with E-state index < -0.39 is 26.5 Å². The fraction of sp³-hybridized carbons (Fsp3) is 0.651. The summed E-state index contributed by atoms with van der Waals surface area (Å²) < 4.78 is 34.8. The highest BCUT2D eigenvalue weighted by Crippen LogP contribution is 2.43. The molecule has 0 aromatic heterocycles. The number of allylic oxidation sites excluding steroid dienone is 28. The Morgan fingerprint density at radius 3 is 0.833 bits per heavy atom. The number of unbranched alkanes of at least 4 members (excludes halogenated alkanes) is 28. The molecule has 0 amide bonds. The zero-order valence-corrected chi connectivity index (χ0v) is 63.2. The molecule has 1 N–H and O–H groups in total. The summed E-state index contributed by atoms with van der Waals surface area (Å²) in [7, 11) is 1.46. The van der Waals surface area contributed by atoms with Crippen LogP contribution in [0.2, 0.25) is 0 Å². The molecular weight excluding hydrogens is 1210 g/mol. The maximum Gasteiger partial charge on any atom is 0.472 e. The second-order valence-electron chi connectivity index (χ2n) is 26.6. The predicted molar refractivity (Wildman–Crippen MR) is 417 cm³/mol. The Morgan fingerprint density at radius 2 is 0.562 bits per heavy atom. The van der Waals surface area contributed by atoms with Crippen molar-refractivity contribution in [3.05, 3.63) is 170 Å². The summed E-state index contributed by atoms with van der Waals surface area (Å²) in [5.41, 5.74) is 0. The van der Waals surface area contributed by atoms with Gasteiger partial charge in [0, 0.05) is 12.8 Å². The molecule has 0 heterocycles. The number of ether oxygens (including phenoxy) is 2. The summed E-state index contributed by atoms with van der Waals surface area (Å²) in [6.07, 6.45) is 113. The van der Waals surface area contributed by atoms with Gasteiger partial charge in [0.05, 0.1) is 27.7 Å². The van der Waals surface area contributed by atoms with Crippen LogP contribution in [0.25, 0.3) is 0 Å². The Morgan fingerprint density at radius 1 is 0.323 bits per heavy atom. The maximum atomic E-state index is 12.9. The second kappa shape index (κ2) is 74.6. The Hall–Kier alpha value is -4.63. The smallest absolute Gasteiger partial charge is 0.462 e. The van der Waals surface area contributed by atoms with Gasteiger partial charge in [-0.15, -0.1) is 0 Å². The van der Waals surface area contributed by atoms with E-state index >= 15 is 0 Å². The zero-order chi connectivity index (χ0) is 69.7. The van der Waals surface area contributed by atoms with Crippen molar-refractivity contribution in [2.45, 2.75) is 315 Å². The SMILES string of the molecule is CC/C=C\C/C=C\C/C=C\C/C=C\C/C=C\C/C=C\C/C=C\C/C=C\C/C=C\CCCCCCCCCCCC(=O)OC(COC(=O)CCCCCCCCCCCCCCCCCCCCC/C=C\C/C=C\C/C=C\C/C=C\C/C=C\CC)COP(=O)(O)OCC[N+](C)(C)C. The molecule has 0 aromatic rings. The summed E-state index contributed by atoms with van der Waals surface area (Å²) in [6, 6.07) is 0. The number of rotatable bonds is 70. The molecule has 546 valence electrons. The highest BCUT2D eigenvalue weighted by Gasteiger charge is 2.27. The maximum absolute atomic E-state index is 12.9. The number of quaternary nitrogens is 1. The lowest BCUT2D eigenvalue weighted by atomic mass is 10.0. The third kappa shape index (κ3) is 78.4. The van der Waals surface area contributed by atoms with E-state index in [1.54, 1.807) is 0 Å². The van der Waals surface area contributed by atoms with Gasteiger partial charge in [-0.25, -0.2) is 4.57 Å². The fourth-order valence-electron chi connectivity index (χ4n) is 10.4. The van der Waals surface area contributed by atoms with Gasteiger partial charge in [0.15, 0.2) is 6.10 Å². The Bertz CT molecular complexity index is 2230. The first-order chi connectivity index (χ1) is 47.0. The summed E-state index contributed by atoms with van der Waals surface area (Å²) in [4.78, 5) is 36.0. The molecule has 2 atom stereocenters. The summed E-state index contributed by atoms with van der Waals surface area (Å²) in [6.45, 7) is 4.21. The van der Waals surface area contributed by atoms with Crippen molar-refractivity contribution in [1.82, 2.24) is 0 Å². The first-order valence-electron chi connectivity index (χ1n) is 38.9. The lowest BCUT2D eigenvalue weighted by molar-refractivity contribution is -0.870. The first kappa shape index (κ1) is 91.4. The highest BCUT2D eigenvalue weighted by atomic mass is 31.2. The van der Waals surface area contributed by atoms with Gasteiger partial charge in [-0.1, -0.05) is 338 Å². The van der Waals surface area contributed by atoms with Crippen LogP contribution in [-0.4, -0.2) is 74.9 Å². The van der Waals surface area contributed by atoms with E-state index in [1.165, 1.54) is 141 Å². The third-order valence-corrected chi connectivity index (χ3v) is 17.2. The number of nitrogens with zero attached hydrogens (tertiary/aromatic N) is 1. The highest BCUT2D eigenvalue weighted by molar-refractivity contribution is 7.47. The van der Waals surface area contributed by atoms with E-state index in [-0.39, 0.29) is 32.0 Å². The molecule has 0 aliphatic carbocycles. The van der Waals surface area contributed by atoms with Gasteiger partial charge in [-0.05, 0) is 128 Å². The van der Waals surface area contributed by atoms with Gasteiger partial charge in [0.2, 0.25) is 0 Å². The Kier molecular flexibility index (Phi) is 71.0. The van der Waals surface area contributed by atoms with Crippen LogP contribution in [0.5, 0.6) is 0 Å². The van der Waals surface area contributed by atoms with Crippen molar-refractivity contribution in [3.63, 3.8) is 0 Å². The van der Waals surface area contributed by atoms with Gasteiger partial charge in [-0.2, -0.15) is 0 Å². The zero-order valence-electron chi connectivity index (χ0n) is 62.3. The minimum Gasteiger partial charge on any atom is -0.462 e. The molecule has 0 fully saturated rings. The van der Waals surface area contributed by atoms with E-state index in [1.807, 2.05) is 21.1 Å². The molecule has 0 bridgehead atoms. The Balaban J connectivity index is 4.05. The second-order valence-corrected chi connectivity index (χ2v) is 28.1. The molecule has 0 spiro atoms. The van der Waals surface area contributed by atoms with Gasteiger partial charge >= 0.3 is 19.8 Å². The molecule has 0 aromatic carbocycles. The van der Waals surface area contributed by atoms with Crippen LogP contribution in [0.4, 0.5) is 0 Å². The minimum absolute atomic E-state index is 0.0240. The average molecular weight is 1350 g/mol. The van der Waals surface area contributed by atoms with E-state index in [0.717, 1.165) is 135 Å². The molecule has 0 rings (SSSR count). The average Bonchev–Trinajstić information content (AvgIpc) is 2.72. The topological polar surface area (TPSA) is 108 Å². The van der Waals surface area contributed by atoms with Crippen LogP contribution in [-0.2, 0) is 32.7 Å². The third-order valence-electron chi connectivity index (χ3n) is 16.2. The number of phosphoric acid groups is 1. The molecule has 96 heavy (non-hydrogen) atoms. The monoisotopic (exact) mass is 1350 g/mol. The number of carbonyl (C=O) groups is 2. The lowest BCUT2D eigenvalue weighted by Gasteiger charge is -2.24. The van der Waals surface area contributed by atoms with Crippen LogP contribution >= 0.6 is 7.82 Å². The molecule has 9 nitrogen and oxygen atoms in total. The van der Waals surface area contributed by atoms with Crippen LogP contribution in [0.15, 0.2) is 170 Å². The molecule has 0 saturated carbocycles. The van der Waals surface area contributed by atoms with Gasteiger partial charge in [-0.3, -0.25) is 18.6 Å². The van der Waals surface area contributed by atoms with E-state index in [4.69, 9.17) is 18.5 Å². The first-order valence-corrected chi connectivity index (χ1v) is 40.4. The van der Waals surface area contributed by atoms with Crippen molar-refractivity contribution >= 4 is 19.8 Å². The van der Waals surface area contributed by atoms with E-state index in [9.17, 15) is 19.0 Å². The lowest BCUT2D eigenvalue weighted by Crippen LogP contribution is -2.37. The number of hydrogen-bond acceptors (Lipinski definition) is 7.